The topological polar surface area (TPSA) is 71.9 Å². The Kier molecular flexibility index (Phi) is 6.82. The van der Waals surface area contributed by atoms with Crippen LogP contribution in [0.1, 0.15) is 30.9 Å². The predicted molar refractivity (Wildman–Crippen MR) is 117 cm³/mol. The standard InChI is InChI=1S/C22H26N4O2S/c1-15(2)17-8-10-19(11-9-17)28-13-12-23-20(27)14-26-21(24-25-22(26)29)18-6-4-16(3)5-7-18/h4-11,15H,12-14H2,1-3H3,(H,23,27)(H,25,29). The van der Waals surface area contributed by atoms with Crippen molar-refractivity contribution in [1.29, 1.82) is 0 Å². The average molecular weight is 411 g/mol. The average Bonchev–Trinajstić information content (AvgIpc) is 3.06. The highest BCUT2D eigenvalue weighted by Gasteiger charge is 2.12. The molecule has 6 nitrogen and oxygen atoms in total. The van der Waals surface area contributed by atoms with Crippen molar-refractivity contribution in [3.63, 3.8) is 0 Å². The maximum atomic E-state index is 12.4. The molecule has 2 N–H and O–H groups in total. The van der Waals surface area contributed by atoms with E-state index in [0.29, 0.717) is 29.7 Å². The number of nitrogens with one attached hydrogen (secondary N) is 2. The van der Waals surface area contributed by atoms with E-state index in [1.165, 1.54) is 5.56 Å². The van der Waals surface area contributed by atoms with Crippen molar-refractivity contribution in [3.05, 3.63) is 64.4 Å². The number of nitrogens with zero attached hydrogens (tertiary/aromatic N) is 2. The lowest BCUT2D eigenvalue weighted by Gasteiger charge is -2.10. The maximum absolute atomic E-state index is 12.4. The summed E-state index contributed by atoms with van der Waals surface area (Å²) in [5.74, 6) is 1.78. The number of benzene rings is 2. The third kappa shape index (κ3) is 5.54. The SMILES string of the molecule is Cc1ccc(-c2n[nH]c(=S)n2CC(=O)NCCOc2ccc(C(C)C)cc2)cc1. The summed E-state index contributed by atoms with van der Waals surface area (Å²) in [5.41, 5.74) is 3.34. The number of carbonyl (C=O) groups is 1. The molecule has 0 bridgehead atoms. The van der Waals surface area contributed by atoms with Crippen LogP contribution < -0.4 is 10.1 Å². The Bertz CT molecular complexity index is 1000. The van der Waals surface area contributed by atoms with Crippen molar-refractivity contribution in [2.24, 2.45) is 0 Å². The normalized spacial score (nSPS) is 10.9. The molecule has 29 heavy (non-hydrogen) atoms. The van der Waals surface area contributed by atoms with E-state index in [2.05, 4.69) is 41.5 Å². The molecule has 1 amide bonds. The molecular weight excluding hydrogens is 384 g/mol. The molecule has 0 saturated carbocycles. The minimum atomic E-state index is -0.144. The first-order valence-corrected chi connectivity index (χ1v) is 10.1. The van der Waals surface area contributed by atoms with Crippen molar-refractivity contribution in [2.45, 2.75) is 33.2 Å². The molecule has 0 fully saturated rings. The van der Waals surface area contributed by atoms with Crippen molar-refractivity contribution >= 4 is 18.1 Å². The molecule has 1 heterocycles. The molecule has 0 unspecified atom stereocenters. The maximum Gasteiger partial charge on any atom is 0.240 e. The molecule has 3 aromatic rings. The van der Waals surface area contributed by atoms with Crippen molar-refractivity contribution in [3.8, 4) is 17.1 Å². The van der Waals surface area contributed by atoms with E-state index < -0.39 is 0 Å². The number of H-pyrrole nitrogens is 1. The number of ether oxygens (including phenoxy) is 1. The Labute approximate surface area is 175 Å². The van der Waals surface area contributed by atoms with Gasteiger partial charge in [-0.05, 0) is 42.8 Å². The van der Waals surface area contributed by atoms with Crippen LogP contribution in [0.5, 0.6) is 5.75 Å². The molecule has 152 valence electrons. The zero-order valence-electron chi connectivity index (χ0n) is 16.9. The van der Waals surface area contributed by atoms with E-state index in [0.717, 1.165) is 16.9 Å². The Morgan fingerprint density at radius 2 is 1.86 bits per heavy atom. The first kappa shape index (κ1) is 20.8. The van der Waals surface area contributed by atoms with E-state index in [4.69, 9.17) is 17.0 Å². The summed E-state index contributed by atoms with van der Waals surface area (Å²) in [6.45, 7) is 7.24. The van der Waals surface area contributed by atoms with Gasteiger partial charge in [0.2, 0.25) is 5.91 Å². The molecular formula is C22H26N4O2S. The molecule has 3 rings (SSSR count). The van der Waals surface area contributed by atoms with Gasteiger partial charge in [0.05, 0.1) is 6.54 Å². The lowest BCUT2D eigenvalue weighted by atomic mass is 10.0. The van der Waals surface area contributed by atoms with Crippen molar-refractivity contribution in [1.82, 2.24) is 20.1 Å². The van der Waals surface area contributed by atoms with E-state index in [9.17, 15) is 4.79 Å². The summed E-state index contributed by atoms with van der Waals surface area (Å²) >= 11 is 5.29. The van der Waals surface area contributed by atoms with Gasteiger partial charge in [-0.25, -0.2) is 0 Å². The second-order valence-corrected chi connectivity index (χ2v) is 7.61. The molecule has 0 spiro atoms. The monoisotopic (exact) mass is 410 g/mol. The number of hydrogen-bond acceptors (Lipinski definition) is 4. The van der Waals surface area contributed by atoms with Crippen LogP contribution in [0.4, 0.5) is 0 Å². The van der Waals surface area contributed by atoms with Gasteiger partial charge in [-0.2, -0.15) is 5.10 Å². The number of aryl methyl sites for hydroxylation is 1. The molecule has 0 radical (unpaired) electrons. The summed E-state index contributed by atoms with van der Waals surface area (Å²) in [5, 5.41) is 9.90. The lowest BCUT2D eigenvalue weighted by Crippen LogP contribution is -2.31. The Morgan fingerprint density at radius 1 is 1.17 bits per heavy atom. The zero-order chi connectivity index (χ0) is 20.8. The van der Waals surface area contributed by atoms with Crippen molar-refractivity contribution < 1.29 is 9.53 Å². The van der Waals surface area contributed by atoms with E-state index in [1.54, 1.807) is 4.57 Å². The van der Waals surface area contributed by atoms with Crippen LogP contribution in [0.2, 0.25) is 0 Å². The minimum Gasteiger partial charge on any atom is -0.492 e. The Balaban J connectivity index is 1.52. The molecule has 0 aliphatic heterocycles. The Morgan fingerprint density at radius 3 is 2.52 bits per heavy atom. The first-order chi connectivity index (χ1) is 13.9. The molecule has 1 aromatic heterocycles. The lowest BCUT2D eigenvalue weighted by molar-refractivity contribution is -0.121. The quantitative estimate of drug-likeness (QED) is 0.430. The van der Waals surface area contributed by atoms with Gasteiger partial charge in [0, 0.05) is 5.56 Å². The van der Waals surface area contributed by atoms with Gasteiger partial charge in [-0.1, -0.05) is 55.8 Å². The number of rotatable bonds is 8. The van der Waals surface area contributed by atoms with Crippen LogP contribution in [0.15, 0.2) is 48.5 Å². The highest BCUT2D eigenvalue weighted by atomic mass is 32.1. The fraction of sp³-hybridized carbons (Fsp3) is 0.318. The summed E-state index contributed by atoms with van der Waals surface area (Å²) in [4.78, 5) is 12.4. The van der Waals surface area contributed by atoms with E-state index in [-0.39, 0.29) is 12.5 Å². The Hall–Kier alpha value is -2.93. The van der Waals surface area contributed by atoms with Gasteiger partial charge in [-0.3, -0.25) is 14.5 Å². The van der Waals surface area contributed by atoms with E-state index >= 15 is 0 Å². The minimum absolute atomic E-state index is 0.0988. The second-order valence-electron chi connectivity index (χ2n) is 7.23. The van der Waals surface area contributed by atoms with E-state index in [1.807, 2.05) is 43.3 Å². The van der Waals surface area contributed by atoms with Crippen LogP contribution in [0.25, 0.3) is 11.4 Å². The molecule has 2 aromatic carbocycles. The summed E-state index contributed by atoms with van der Waals surface area (Å²) in [6, 6.07) is 16.0. The third-order valence-electron chi connectivity index (χ3n) is 4.61. The number of amides is 1. The highest BCUT2D eigenvalue weighted by Crippen LogP contribution is 2.19. The molecule has 0 atom stereocenters. The summed E-state index contributed by atoms with van der Waals surface area (Å²) in [7, 11) is 0. The first-order valence-electron chi connectivity index (χ1n) is 9.65. The smallest absolute Gasteiger partial charge is 0.240 e. The fourth-order valence-electron chi connectivity index (χ4n) is 2.90. The molecule has 0 aliphatic carbocycles. The third-order valence-corrected chi connectivity index (χ3v) is 4.92. The number of aromatic nitrogens is 3. The van der Waals surface area contributed by atoms with Crippen LogP contribution in [-0.4, -0.2) is 33.8 Å². The van der Waals surface area contributed by atoms with Gasteiger partial charge < -0.3 is 10.1 Å². The fourth-order valence-corrected chi connectivity index (χ4v) is 3.09. The number of aromatic amines is 1. The van der Waals surface area contributed by atoms with Gasteiger partial charge in [0.15, 0.2) is 10.6 Å². The summed E-state index contributed by atoms with van der Waals surface area (Å²) in [6.07, 6.45) is 0. The van der Waals surface area contributed by atoms with Crippen molar-refractivity contribution in [2.75, 3.05) is 13.2 Å². The highest BCUT2D eigenvalue weighted by molar-refractivity contribution is 7.71. The van der Waals surface area contributed by atoms with Gasteiger partial charge in [0.1, 0.15) is 18.9 Å². The second kappa shape index (κ2) is 9.52. The number of hydrogen-bond donors (Lipinski definition) is 2. The van der Waals surface area contributed by atoms with Crippen LogP contribution in [0, 0.1) is 11.7 Å². The largest absolute Gasteiger partial charge is 0.492 e. The molecule has 0 aliphatic rings. The summed E-state index contributed by atoms with van der Waals surface area (Å²) < 4.78 is 7.80. The molecule has 7 heteroatoms. The molecule has 0 saturated heterocycles. The number of carbonyl (C=O) groups excluding carboxylic acids is 1. The van der Waals surface area contributed by atoms with Crippen LogP contribution in [0.3, 0.4) is 0 Å². The van der Waals surface area contributed by atoms with Gasteiger partial charge >= 0.3 is 0 Å². The van der Waals surface area contributed by atoms with Gasteiger partial charge in [-0.15, -0.1) is 0 Å². The predicted octanol–water partition coefficient (Wildman–Crippen LogP) is 4.23. The van der Waals surface area contributed by atoms with Crippen LogP contribution >= 0.6 is 12.2 Å². The zero-order valence-corrected chi connectivity index (χ0v) is 17.8. The van der Waals surface area contributed by atoms with Crippen LogP contribution in [-0.2, 0) is 11.3 Å². The van der Waals surface area contributed by atoms with Gasteiger partial charge in [0.25, 0.3) is 0 Å².